The number of nitrogens with zero attached hydrogens (tertiary/aromatic N) is 1. The molecule has 1 saturated heterocycles. The summed E-state index contributed by atoms with van der Waals surface area (Å²) in [5.41, 5.74) is -4.42. The van der Waals surface area contributed by atoms with Crippen LogP contribution in [0.4, 0.5) is 4.39 Å². The Morgan fingerprint density at radius 2 is 1.90 bits per heavy atom. The van der Waals surface area contributed by atoms with Crippen LogP contribution in [0.3, 0.4) is 0 Å². The topological polar surface area (TPSA) is 227 Å². The highest BCUT2D eigenvalue weighted by Crippen LogP contribution is 2.66. The van der Waals surface area contributed by atoms with Gasteiger partial charge in [0.05, 0.1) is 6.61 Å². The predicted molar refractivity (Wildman–Crippen MR) is 97.2 cm³/mol. The van der Waals surface area contributed by atoms with Gasteiger partial charge in [-0.25, -0.2) is 22.6 Å². The Morgan fingerprint density at radius 1 is 1.30 bits per heavy atom. The quantitative estimate of drug-likeness (QED) is 0.228. The third kappa shape index (κ3) is 6.43. The molecule has 1 aromatic rings. The maximum atomic E-state index is 15.0. The number of H-pyrrole nitrogens is 1. The Balaban J connectivity index is 2.13. The molecule has 2 rings (SSSR count). The molecule has 1 fully saturated rings. The standard InChI is InChI=1S/C10H16FN2O13P3S/c1-10(11)7(15)5(24-8(10)13-3-2-6(14)12-9(13)16)4-23-29(22,30)26-28(20,21)25-27(17,18)19/h2-3,5,7-8,15H,4H2,1H3,(H,20,21)(H,22,30)(H,12,14,16)(H2,17,18,19)/t5-,7-,8?,10-,29?/m1/s1. The average molecular weight is 516 g/mol. The highest BCUT2D eigenvalue weighted by Gasteiger charge is 2.55. The number of aromatic nitrogens is 2. The van der Waals surface area contributed by atoms with Crippen LogP contribution in [0.15, 0.2) is 21.9 Å². The number of aliphatic hydroxyl groups excluding tert-OH is 1. The van der Waals surface area contributed by atoms with Crippen molar-refractivity contribution in [3.63, 3.8) is 0 Å². The number of alkyl halides is 1. The van der Waals surface area contributed by atoms with Gasteiger partial charge in [-0.15, -0.1) is 0 Å². The summed E-state index contributed by atoms with van der Waals surface area (Å²) in [5, 5.41) is 10.1. The second-order valence-electron chi connectivity index (χ2n) is 6.03. The molecule has 0 saturated carbocycles. The summed E-state index contributed by atoms with van der Waals surface area (Å²) >= 11 is 4.40. The van der Waals surface area contributed by atoms with Crippen LogP contribution in [0.5, 0.6) is 0 Å². The van der Waals surface area contributed by atoms with Crippen LogP contribution in [0.1, 0.15) is 13.2 Å². The van der Waals surface area contributed by atoms with Crippen LogP contribution in [-0.4, -0.2) is 58.7 Å². The van der Waals surface area contributed by atoms with E-state index in [9.17, 15) is 38.0 Å². The fourth-order valence-electron chi connectivity index (χ4n) is 2.43. The highest BCUT2D eigenvalue weighted by molar-refractivity contribution is 8.08. The van der Waals surface area contributed by atoms with E-state index < -0.39 is 64.3 Å². The number of aliphatic hydroxyl groups is 1. The number of nitrogens with one attached hydrogen (secondary N) is 1. The van der Waals surface area contributed by atoms with Crippen molar-refractivity contribution in [3.05, 3.63) is 33.1 Å². The lowest BCUT2D eigenvalue weighted by molar-refractivity contribution is -0.0593. The van der Waals surface area contributed by atoms with Crippen molar-refractivity contribution in [3.8, 4) is 0 Å². The summed E-state index contributed by atoms with van der Waals surface area (Å²) in [6.07, 6.45) is -4.39. The fourth-order valence-corrected chi connectivity index (χ4v) is 6.40. The Labute approximate surface area is 171 Å². The largest absolute Gasteiger partial charge is 0.488 e. The first-order chi connectivity index (χ1) is 13.4. The van der Waals surface area contributed by atoms with Gasteiger partial charge in [-0.05, 0) is 18.7 Å². The second-order valence-corrected chi connectivity index (χ2v) is 11.8. The van der Waals surface area contributed by atoms with Gasteiger partial charge in [-0.2, -0.15) is 4.31 Å². The van der Waals surface area contributed by atoms with Gasteiger partial charge >= 0.3 is 28.1 Å². The molecule has 2 heterocycles. The lowest BCUT2D eigenvalue weighted by Crippen LogP contribution is -2.43. The van der Waals surface area contributed by atoms with Crippen LogP contribution in [0, 0.1) is 0 Å². The molecule has 172 valence electrons. The molecule has 6 atom stereocenters. The molecule has 20 heteroatoms. The molecule has 0 radical (unpaired) electrons. The minimum atomic E-state index is -5.56. The van der Waals surface area contributed by atoms with Crippen LogP contribution < -0.4 is 11.2 Å². The summed E-state index contributed by atoms with van der Waals surface area (Å²) in [6.45, 7) is -4.76. The van der Waals surface area contributed by atoms with Gasteiger partial charge in [0.2, 0.25) is 0 Å². The van der Waals surface area contributed by atoms with Crippen molar-refractivity contribution in [1.82, 2.24) is 9.55 Å². The first kappa shape index (κ1) is 25.6. The van der Waals surface area contributed by atoms with E-state index in [1.54, 1.807) is 0 Å². The van der Waals surface area contributed by atoms with Gasteiger partial charge in [0.15, 0.2) is 11.9 Å². The third-order valence-electron chi connectivity index (χ3n) is 3.64. The molecule has 3 unspecified atom stereocenters. The molecule has 1 aliphatic heterocycles. The van der Waals surface area contributed by atoms with E-state index in [1.807, 2.05) is 4.98 Å². The summed E-state index contributed by atoms with van der Waals surface area (Å²) < 4.78 is 55.0. The van der Waals surface area contributed by atoms with Crippen molar-refractivity contribution in [2.24, 2.45) is 0 Å². The number of hydrogen-bond acceptors (Lipinski definition) is 10. The SMILES string of the molecule is C[C@]1(F)C(n2ccc(=O)[nH]c2=O)O[C@H](COP(O)(=S)OP(=O)(O)OP(=O)(O)O)[C@H]1O. The zero-order valence-corrected chi connectivity index (χ0v) is 18.2. The van der Waals surface area contributed by atoms with Gasteiger partial charge in [0, 0.05) is 12.3 Å². The zero-order valence-electron chi connectivity index (χ0n) is 14.7. The van der Waals surface area contributed by atoms with E-state index in [0.717, 1.165) is 19.2 Å². The molecule has 30 heavy (non-hydrogen) atoms. The molecule has 0 bridgehead atoms. The van der Waals surface area contributed by atoms with Crippen LogP contribution in [-0.2, 0) is 38.8 Å². The molecule has 0 amide bonds. The van der Waals surface area contributed by atoms with Gasteiger partial charge in [0.1, 0.15) is 12.2 Å². The van der Waals surface area contributed by atoms with E-state index in [4.69, 9.17) is 14.5 Å². The van der Waals surface area contributed by atoms with E-state index >= 15 is 0 Å². The van der Waals surface area contributed by atoms with Gasteiger partial charge in [-0.3, -0.25) is 14.3 Å². The van der Waals surface area contributed by atoms with Crippen LogP contribution in [0.2, 0.25) is 0 Å². The molecule has 1 aromatic heterocycles. The molecule has 6 N–H and O–H groups in total. The lowest BCUT2D eigenvalue weighted by Gasteiger charge is -2.24. The van der Waals surface area contributed by atoms with Crippen molar-refractivity contribution >= 4 is 34.2 Å². The van der Waals surface area contributed by atoms with Crippen molar-refractivity contribution in [1.29, 1.82) is 0 Å². The number of rotatable bonds is 8. The van der Waals surface area contributed by atoms with E-state index in [0.29, 0.717) is 4.57 Å². The Morgan fingerprint density at radius 3 is 2.43 bits per heavy atom. The summed E-state index contributed by atoms with van der Waals surface area (Å²) in [5.74, 6) is 0. The Hall–Kier alpha value is -0.640. The number of hydrogen-bond donors (Lipinski definition) is 6. The minimum absolute atomic E-state index is 0.645. The molecule has 0 aliphatic carbocycles. The van der Waals surface area contributed by atoms with E-state index in [2.05, 4.69) is 25.0 Å². The second kappa shape index (κ2) is 8.71. The number of aromatic amines is 1. The molecule has 15 nitrogen and oxygen atoms in total. The Bertz CT molecular complexity index is 1050. The van der Waals surface area contributed by atoms with E-state index in [-0.39, 0.29) is 0 Å². The lowest BCUT2D eigenvalue weighted by atomic mass is 9.98. The van der Waals surface area contributed by atoms with Gasteiger partial charge < -0.3 is 33.9 Å². The predicted octanol–water partition coefficient (Wildman–Crippen LogP) is -1.02. The average Bonchev–Trinajstić information content (AvgIpc) is 2.73. The minimum Gasteiger partial charge on any atom is -0.387 e. The smallest absolute Gasteiger partial charge is 0.387 e. The van der Waals surface area contributed by atoms with Crippen molar-refractivity contribution in [2.75, 3.05) is 6.61 Å². The number of halogens is 1. The first-order valence-electron chi connectivity index (χ1n) is 7.56. The first-order valence-corrected chi connectivity index (χ1v) is 13.2. The summed E-state index contributed by atoms with van der Waals surface area (Å²) in [7, 11) is -11.1. The van der Waals surface area contributed by atoms with Crippen molar-refractivity contribution in [2.45, 2.75) is 31.0 Å². The third-order valence-corrected chi connectivity index (χ3v) is 8.36. The Kier molecular flexibility index (Phi) is 7.44. The normalized spacial score (nSPS) is 31.2. The molecule has 1 aliphatic rings. The number of phosphoric acid groups is 2. The maximum absolute atomic E-state index is 15.0. The van der Waals surface area contributed by atoms with Crippen LogP contribution >= 0.6 is 22.4 Å². The molecule has 0 spiro atoms. The highest BCUT2D eigenvalue weighted by atomic mass is 32.5. The summed E-state index contributed by atoms with van der Waals surface area (Å²) in [4.78, 5) is 60.8. The van der Waals surface area contributed by atoms with Gasteiger partial charge in [-0.1, -0.05) is 0 Å². The van der Waals surface area contributed by atoms with E-state index in [1.165, 1.54) is 0 Å². The van der Waals surface area contributed by atoms with Crippen molar-refractivity contribution < 1.29 is 56.1 Å². The summed E-state index contributed by atoms with van der Waals surface area (Å²) in [6, 6.07) is 0.901. The zero-order chi connectivity index (χ0) is 23.1. The van der Waals surface area contributed by atoms with Gasteiger partial charge in [0.25, 0.3) is 5.56 Å². The maximum Gasteiger partial charge on any atom is 0.488 e. The molecule has 0 aromatic carbocycles. The number of ether oxygens (including phenoxy) is 1. The fraction of sp³-hybridized carbons (Fsp3) is 0.600. The molecular weight excluding hydrogens is 500 g/mol. The molecular formula is C10H16FN2O13P3S. The monoisotopic (exact) mass is 516 g/mol. The van der Waals surface area contributed by atoms with Crippen LogP contribution in [0.25, 0.3) is 0 Å².